The molecule has 1 aliphatic heterocycles. The minimum absolute atomic E-state index is 0.0607. The van der Waals surface area contributed by atoms with E-state index in [1.54, 1.807) is 20.1 Å². The van der Waals surface area contributed by atoms with Crippen LogP contribution in [-0.2, 0) is 67.1 Å². The number of nitrogens with two attached hydrogens (primary N) is 4. The Bertz CT molecular complexity index is 2040. The SMILES string of the molecule is CSCC[C@H](N)C(=O)N[C@@H](CC(N)=O)C(=O)NCC(=O)N[C@@H](CCC(=O)O)C(=O)N[C@@H](CC(C)C)C(=O)N[C@@H](CC(N)=O)C(=O)N[C@H](C(=O)N1CCC[C@H]1C(=O)NCC(=O)N[C@@H](CCC(N)=O)C(=O)O)[C@@H](C)O. The molecule has 0 radical (unpaired) electrons. The van der Waals surface area contributed by atoms with Crippen molar-refractivity contribution in [1.29, 1.82) is 0 Å². The molecule has 1 heterocycles. The second kappa shape index (κ2) is 32.0. The van der Waals surface area contributed by atoms with Gasteiger partial charge in [0.2, 0.25) is 70.9 Å². The van der Waals surface area contributed by atoms with Gasteiger partial charge >= 0.3 is 11.9 Å². The molecule has 0 unspecified atom stereocenters. The third-order valence-corrected chi connectivity index (χ3v) is 11.4. The number of likely N-dealkylation sites (tertiary alicyclic amines) is 1. The number of nitrogens with one attached hydrogen (secondary N) is 8. The number of hydrogen-bond acceptors (Lipinski definition) is 17. The predicted octanol–water partition coefficient (Wildman–Crippen LogP) is -7.41. The van der Waals surface area contributed by atoms with E-state index in [0.717, 1.165) is 11.8 Å². The van der Waals surface area contributed by atoms with Crippen LogP contribution in [-0.4, -0.2) is 189 Å². The van der Waals surface area contributed by atoms with Crippen molar-refractivity contribution in [2.45, 2.75) is 139 Å². The maximum atomic E-state index is 13.8. The number of nitrogens with zero attached hydrogens (tertiary/aromatic N) is 1. The minimum atomic E-state index is -1.86. The molecule has 1 fully saturated rings. The van der Waals surface area contributed by atoms with Crippen molar-refractivity contribution in [3.63, 3.8) is 0 Å². The van der Waals surface area contributed by atoms with Crippen molar-refractivity contribution in [2.75, 3.05) is 31.6 Å². The molecule has 0 aromatic carbocycles. The first kappa shape index (κ1) is 63.9. The molecule has 19 N–H and O–H groups in total. The number of rotatable bonds is 34. The summed E-state index contributed by atoms with van der Waals surface area (Å²) in [6.07, 6.45) is -2.97. The van der Waals surface area contributed by atoms with Crippen molar-refractivity contribution in [1.82, 2.24) is 47.4 Å². The zero-order valence-corrected chi connectivity index (χ0v) is 41.7. The maximum Gasteiger partial charge on any atom is 0.326 e. The summed E-state index contributed by atoms with van der Waals surface area (Å²) < 4.78 is 0. The van der Waals surface area contributed by atoms with Gasteiger partial charge < -0.3 is 85.7 Å². The lowest BCUT2D eigenvalue weighted by Gasteiger charge is -2.31. The number of aliphatic carboxylic acids is 2. The summed E-state index contributed by atoms with van der Waals surface area (Å²) in [4.78, 5) is 178. The maximum absolute atomic E-state index is 13.8. The van der Waals surface area contributed by atoms with E-state index in [4.69, 9.17) is 22.9 Å². The van der Waals surface area contributed by atoms with Crippen LogP contribution in [0, 0.1) is 5.92 Å². The number of primary amides is 3. The lowest BCUT2D eigenvalue weighted by Crippen LogP contribution is -2.61. The molecule has 73 heavy (non-hydrogen) atoms. The van der Waals surface area contributed by atoms with Crippen LogP contribution in [0.3, 0.4) is 0 Å². The van der Waals surface area contributed by atoms with E-state index in [2.05, 4.69) is 42.5 Å². The fraction of sp³-hybridized carbons (Fsp3) is 0.667. The second-order valence-corrected chi connectivity index (χ2v) is 18.4. The average Bonchev–Trinajstić information content (AvgIpc) is 3.79. The zero-order chi connectivity index (χ0) is 55.7. The van der Waals surface area contributed by atoms with Gasteiger partial charge in [-0.3, -0.25) is 62.3 Å². The quantitative estimate of drug-likeness (QED) is 0.0285. The van der Waals surface area contributed by atoms with Gasteiger partial charge in [-0.2, -0.15) is 11.8 Å². The molecule has 410 valence electrons. The summed E-state index contributed by atoms with van der Waals surface area (Å²) in [5, 5.41) is 47.5. The largest absolute Gasteiger partial charge is 0.481 e. The number of amides is 12. The molecule has 0 aliphatic carbocycles. The Hall–Kier alpha value is -7.15. The Kier molecular flexibility index (Phi) is 28.0. The first-order valence-corrected chi connectivity index (χ1v) is 24.4. The highest BCUT2D eigenvalue weighted by atomic mass is 32.2. The Morgan fingerprint density at radius 1 is 0.616 bits per heavy atom. The number of carbonyl (C=O) groups is 14. The van der Waals surface area contributed by atoms with Crippen LogP contribution in [0.5, 0.6) is 0 Å². The fourth-order valence-electron chi connectivity index (χ4n) is 6.99. The second-order valence-electron chi connectivity index (χ2n) is 17.4. The Morgan fingerprint density at radius 2 is 1.12 bits per heavy atom. The van der Waals surface area contributed by atoms with Gasteiger partial charge in [-0.15, -0.1) is 0 Å². The Balaban J connectivity index is 3.22. The molecule has 12 amide bonds. The molecular weight excluding hydrogens is 991 g/mol. The van der Waals surface area contributed by atoms with Crippen molar-refractivity contribution in [3.8, 4) is 0 Å². The lowest BCUT2D eigenvalue weighted by atomic mass is 10.0. The summed E-state index contributed by atoms with van der Waals surface area (Å²) in [5.41, 5.74) is 21.5. The number of hydrogen-bond donors (Lipinski definition) is 15. The molecule has 0 aromatic heterocycles. The molecular formula is C42H69N13O17S. The summed E-state index contributed by atoms with van der Waals surface area (Å²) in [7, 11) is 0. The number of carboxylic acid groups (broad SMARTS) is 2. The zero-order valence-electron chi connectivity index (χ0n) is 40.9. The molecule has 0 saturated carbocycles. The molecule has 1 rings (SSSR count). The fourth-order valence-corrected chi connectivity index (χ4v) is 7.48. The molecule has 1 aliphatic rings. The minimum Gasteiger partial charge on any atom is -0.481 e. The molecule has 0 bridgehead atoms. The highest BCUT2D eigenvalue weighted by Crippen LogP contribution is 2.20. The van der Waals surface area contributed by atoms with Crippen molar-refractivity contribution < 1.29 is 82.4 Å². The summed E-state index contributed by atoms with van der Waals surface area (Å²) in [6.45, 7) is 2.73. The van der Waals surface area contributed by atoms with Crippen molar-refractivity contribution in [2.24, 2.45) is 28.9 Å². The summed E-state index contributed by atoms with van der Waals surface area (Å²) in [6, 6.07) is -12.2. The van der Waals surface area contributed by atoms with Gasteiger partial charge in [0.15, 0.2) is 0 Å². The van der Waals surface area contributed by atoms with Crippen molar-refractivity contribution >= 4 is 94.6 Å². The molecule has 9 atom stereocenters. The van der Waals surface area contributed by atoms with E-state index in [1.165, 1.54) is 11.8 Å². The molecule has 1 saturated heterocycles. The van der Waals surface area contributed by atoms with Gasteiger partial charge in [0.05, 0.1) is 38.1 Å². The number of aliphatic hydroxyl groups excluding tert-OH is 1. The van der Waals surface area contributed by atoms with Gasteiger partial charge in [0, 0.05) is 19.4 Å². The molecule has 0 spiro atoms. The van der Waals surface area contributed by atoms with Crippen molar-refractivity contribution in [3.05, 3.63) is 0 Å². The van der Waals surface area contributed by atoms with E-state index in [1.807, 2.05) is 0 Å². The number of thioether (sulfide) groups is 1. The van der Waals surface area contributed by atoms with Crippen LogP contribution < -0.4 is 65.5 Å². The highest BCUT2D eigenvalue weighted by molar-refractivity contribution is 7.98. The average molecular weight is 1060 g/mol. The predicted molar refractivity (Wildman–Crippen MR) is 255 cm³/mol. The monoisotopic (exact) mass is 1060 g/mol. The molecule has 31 heteroatoms. The van der Waals surface area contributed by atoms with Crippen LogP contribution >= 0.6 is 11.8 Å². The van der Waals surface area contributed by atoms with E-state index in [0.29, 0.717) is 5.75 Å². The van der Waals surface area contributed by atoms with E-state index in [9.17, 15) is 82.4 Å². The van der Waals surface area contributed by atoms with E-state index >= 15 is 0 Å². The number of carbonyl (C=O) groups excluding carboxylic acids is 12. The lowest BCUT2D eigenvalue weighted by molar-refractivity contribution is -0.144. The van der Waals surface area contributed by atoms with Gasteiger partial charge in [0.25, 0.3) is 0 Å². The highest BCUT2D eigenvalue weighted by Gasteiger charge is 2.41. The standard InChI is InChI=1S/C42H69N13O17S/c1-19(2)14-24(52-37(66)22(8-10-33(62)63)49-31(60)17-47-36(65)25(15-29(45)58)51-35(64)21(43)11-13-73-4)38(67)53-26(16-30(46)59)39(68)54-34(20(3)56)41(70)55-12-5-6-27(55)40(69)48-18-32(61)50-23(42(71)72)7-9-28(44)57/h19-27,34,56H,5-18,43H2,1-4H3,(H2,44,57)(H2,45,58)(H2,46,59)(H,47,65)(H,48,69)(H,49,60)(H,50,61)(H,51,64)(H,52,66)(H,53,67)(H,54,68)(H,62,63)(H,71,72)/t20-,21+,22+,23+,24+,25+,26+,27+,34+/m1/s1. The topological polar surface area (TPSA) is 503 Å². The normalized spacial score (nSPS) is 16.3. The van der Waals surface area contributed by atoms with Crippen LogP contribution in [0.2, 0.25) is 0 Å². The Labute approximate surface area is 423 Å². The molecule has 30 nitrogen and oxygen atoms in total. The molecule has 0 aromatic rings. The third-order valence-electron chi connectivity index (χ3n) is 10.7. The Morgan fingerprint density at radius 3 is 1.64 bits per heavy atom. The number of carboxylic acids is 2. The van der Waals surface area contributed by atoms with E-state index in [-0.39, 0.29) is 51.0 Å². The first-order valence-electron chi connectivity index (χ1n) is 23.0. The van der Waals surface area contributed by atoms with E-state index < -0.39 is 176 Å². The van der Waals surface area contributed by atoms with Crippen LogP contribution in [0.4, 0.5) is 0 Å². The van der Waals surface area contributed by atoms with Crippen LogP contribution in [0.15, 0.2) is 0 Å². The van der Waals surface area contributed by atoms with Gasteiger partial charge in [-0.25, -0.2) is 4.79 Å². The number of aliphatic hydroxyl groups is 1. The van der Waals surface area contributed by atoms with Gasteiger partial charge in [-0.05, 0) is 63.4 Å². The summed E-state index contributed by atoms with van der Waals surface area (Å²) >= 11 is 1.41. The van der Waals surface area contributed by atoms with Crippen LogP contribution in [0.25, 0.3) is 0 Å². The van der Waals surface area contributed by atoms with Gasteiger partial charge in [0.1, 0.15) is 42.3 Å². The van der Waals surface area contributed by atoms with Crippen LogP contribution in [0.1, 0.15) is 85.0 Å². The third kappa shape index (κ3) is 24.2. The smallest absolute Gasteiger partial charge is 0.326 e. The summed E-state index contributed by atoms with van der Waals surface area (Å²) in [5.74, 6) is -14.7. The van der Waals surface area contributed by atoms with Gasteiger partial charge in [-0.1, -0.05) is 13.8 Å². The first-order chi connectivity index (χ1) is 34.1.